The highest BCUT2D eigenvalue weighted by Crippen LogP contribution is 2.16. The average Bonchev–Trinajstić information content (AvgIpc) is 2.38. The third-order valence-corrected chi connectivity index (χ3v) is 2.01. The number of nitrogens with zero attached hydrogens (tertiary/aromatic N) is 2. The first-order valence-electron chi connectivity index (χ1n) is 3.86. The molecule has 1 N–H and O–H groups in total. The van der Waals surface area contributed by atoms with E-state index in [1.54, 1.807) is 0 Å². The van der Waals surface area contributed by atoms with E-state index in [0.717, 1.165) is 12.8 Å². The van der Waals surface area contributed by atoms with E-state index in [4.69, 9.17) is 10.5 Å². The minimum atomic E-state index is 0.332. The number of rotatable bonds is 2. The molecule has 11 heavy (non-hydrogen) atoms. The molecule has 1 aliphatic rings. The molecule has 58 valence electrons. The molecule has 0 radical (unpaired) electrons. The topological polar surface area (TPSA) is 59.6 Å². The normalized spacial score (nSPS) is 29.3. The lowest BCUT2D eigenvalue weighted by molar-refractivity contribution is 0.549. The zero-order chi connectivity index (χ0) is 8.10. The minimum Gasteiger partial charge on any atom is -0.309 e. The second kappa shape index (κ2) is 3.95. The van der Waals surface area contributed by atoms with Crippen molar-refractivity contribution in [3.63, 3.8) is 0 Å². The van der Waals surface area contributed by atoms with Crippen molar-refractivity contribution in [2.45, 2.75) is 37.8 Å². The zero-order valence-corrected chi connectivity index (χ0v) is 6.38. The first-order chi connectivity index (χ1) is 5.36. The Morgan fingerprint density at radius 3 is 1.91 bits per heavy atom. The van der Waals surface area contributed by atoms with E-state index in [2.05, 4.69) is 17.5 Å². The molecule has 0 saturated carbocycles. The van der Waals surface area contributed by atoms with Crippen LogP contribution in [0.4, 0.5) is 0 Å². The Kier molecular flexibility index (Phi) is 2.89. The van der Waals surface area contributed by atoms with Crippen molar-refractivity contribution in [1.82, 2.24) is 5.32 Å². The molecule has 1 heterocycles. The van der Waals surface area contributed by atoms with Gasteiger partial charge in [0.25, 0.3) is 0 Å². The number of hydrogen-bond acceptors (Lipinski definition) is 3. The van der Waals surface area contributed by atoms with Crippen molar-refractivity contribution in [2.75, 3.05) is 0 Å². The smallest absolute Gasteiger partial charge is 0.0638 e. The third-order valence-electron chi connectivity index (χ3n) is 2.01. The van der Waals surface area contributed by atoms with Gasteiger partial charge < -0.3 is 5.32 Å². The summed E-state index contributed by atoms with van der Waals surface area (Å²) in [4.78, 5) is 0. The van der Waals surface area contributed by atoms with Crippen LogP contribution in [0.3, 0.4) is 0 Å². The van der Waals surface area contributed by atoms with Crippen LogP contribution in [-0.4, -0.2) is 12.1 Å². The minimum absolute atomic E-state index is 0.332. The maximum absolute atomic E-state index is 8.39. The summed E-state index contributed by atoms with van der Waals surface area (Å²) in [5.41, 5.74) is 0. The van der Waals surface area contributed by atoms with Gasteiger partial charge in [0.2, 0.25) is 0 Å². The van der Waals surface area contributed by atoms with Crippen LogP contribution in [0.1, 0.15) is 25.7 Å². The number of hydrogen-bond donors (Lipinski definition) is 1. The monoisotopic (exact) mass is 149 g/mol. The van der Waals surface area contributed by atoms with Gasteiger partial charge in [-0.05, 0) is 12.8 Å². The molecule has 0 aromatic carbocycles. The molecule has 0 aromatic heterocycles. The molecule has 1 aliphatic heterocycles. The van der Waals surface area contributed by atoms with Crippen molar-refractivity contribution >= 4 is 0 Å². The van der Waals surface area contributed by atoms with E-state index in [9.17, 15) is 0 Å². The van der Waals surface area contributed by atoms with E-state index in [0.29, 0.717) is 24.9 Å². The van der Waals surface area contributed by atoms with Crippen LogP contribution in [0.5, 0.6) is 0 Å². The summed E-state index contributed by atoms with van der Waals surface area (Å²) in [5.74, 6) is 0. The van der Waals surface area contributed by atoms with Crippen molar-refractivity contribution in [2.24, 2.45) is 0 Å². The predicted molar refractivity (Wildman–Crippen MR) is 40.4 cm³/mol. The number of nitrogens with one attached hydrogen (secondary N) is 1. The molecular weight excluding hydrogens is 138 g/mol. The first-order valence-corrected chi connectivity index (χ1v) is 3.86. The van der Waals surface area contributed by atoms with Gasteiger partial charge in [0.05, 0.1) is 25.0 Å². The van der Waals surface area contributed by atoms with E-state index in [1.165, 1.54) is 0 Å². The molecule has 1 fully saturated rings. The Labute approximate surface area is 66.6 Å². The Bertz CT molecular complexity index is 176. The van der Waals surface area contributed by atoms with E-state index < -0.39 is 0 Å². The van der Waals surface area contributed by atoms with E-state index in [1.807, 2.05) is 0 Å². The van der Waals surface area contributed by atoms with Crippen LogP contribution in [-0.2, 0) is 0 Å². The quantitative estimate of drug-likeness (QED) is 0.635. The molecular formula is C8H11N3. The summed E-state index contributed by atoms with van der Waals surface area (Å²) in [5, 5.41) is 20.0. The summed E-state index contributed by atoms with van der Waals surface area (Å²) < 4.78 is 0. The lowest BCUT2D eigenvalue weighted by atomic mass is 10.1. The molecule has 3 nitrogen and oxygen atoms in total. The Morgan fingerprint density at radius 2 is 1.55 bits per heavy atom. The highest BCUT2D eigenvalue weighted by Gasteiger charge is 2.22. The van der Waals surface area contributed by atoms with Gasteiger partial charge in [-0.2, -0.15) is 10.5 Å². The molecule has 0 aliphatic carbocycles. The summed E-state index contributed by atoms with van der Waals surface area (Å²) in [6.45, 7) is 0. The van der Waals surface area contributed by atoms with Crippen LogP contribution in [0.25, 0.3) is 0 Å². The summed E-state index contributed by atoms with van der Waals surface area (Å²) >= 11 is 0. The summed E-state index contributed by atoms with van der Waals surface area (Å²) in [7, 11) is 0. The highest BCUT2D eigenvalue weighted by molar-refractivity contribution is 4.92. The fourth-order valence-electron chi connectivity index (χ4n) is 1.44. The lowest BCUT2D eigenvalue weighted by Gasteiger charge is -2.07. The largest absolute Gasteiger partial charge is 0.309 e. The summed E-state index contributed by atoms with van der Waals surface area (Å²) in [6, 6.07) is 4.92. The van der Waals surface area contributed by atoms with Crippen LogP contribution in [0, 0.1) is 22.7 Å². The average molecular weight is 149 g/mol. The van der Waals surface area contributed by atoms with Crippen molar-refractivity contribution in [3.05, 3.63) is 0 Å². The fourth-order valence-corrected chi connectivity index (χ4v) is 1.44. The van der Waals surface area contributed by atoms with Gasteiger partial charge in [0.15, 0.2) is 0 Å². The van der Waals surface area contributed by atoms with Crippen LogP contribution >= 0.6 is 0 Å². The summed E-state index contributed by atoms with van der Waals surface area (Å²) in [6.07, 6.45) is 3.23. The SMILES string of the molecule is N#CC[C@@H]1CC[C@H](CC#N)N1. The second-order valence-corrected chi connectivity index (χ2v) is 2.86. The van der Waals surface area contributed by atoms with Gasteiger partial charge in [-0.1, -0.05) is 0 Å². The van der Waals surface area contributed by atoms with E-state index >= 15 is 0 Å². The van der Waals surface area contributed by atoms with Crippen molar-refractivity contribution < 1.29 is 0 Å². The highest BCUT2D eigenvalue weighted by atomic mass is 15.0. The molecule has 0 aromatic rings. The second-order valence-electron chi connectivity index (χ2n) is 2.86. The Balaban J connectivity index is 2.25. The lowest BCUT2D eigenvalue weighted by Crippen LogP contribution is -2.28. The van der Waals surface area contributed by atoms with Crippen LogP contribution in [0.15, 0.2) is 0 Å². The molecule has 0 unspecified atom stereocenters. The van der Waals surface area contributed by atoms with Gasteiger partial charge in [-0.15, -0.1) is 0 Å². The number of nitriles is 2. The molecule has 1 saturated heterocycles. The van der Waals surface area contributed by atoms with Gasteiger partial charge in [0, 0.05) is 12.1 Å². The Hall–Kier alpha value is -1.06. The van der Waals surface area contributed by atoms with Crippen molar-refractivity contribution in [3.8, 4) is 12.1 Å². The van der Waals surface area contributed by atoms with Gasteiger partial charge in [-0.3, -0.25) is 0 Å². The Morgan fingerprint density at radius 1 is 1.09 bits per heavy atom. The predicted octanol–water partition coefficient (Wildman–Crippen LogP) is 0.934. The molecule has 0 amide bonds. The van der Waals surface area contributed by atoms with Gasteiger partial charge in [0.1, 0.15) is 0 Å². The van der Waals surface area contributed by atoms with Crippen LogP contribution < -0.4 is 5.32 Å². The van der Waals surface area contributed by atoms with Crippen LogP contribution in [0.2, 0.25) is 0 Å². The molecule has 2 atom stereocenters. The standard InChI is InChI=1S/C8H11N3/c9-5-3-7-1-2-8(11-7)4-6-10/h7-8,11H,1-4H2/t7-,8+. The molecule has 0 spiro atoms. The third kappa shape index (κ3) is 2.22. The van der Waals surface area contributed by atoms with E-state index in [-0.39, 0.29) is 0 Å². The van der Waals surface area contributed by atoms with Gasteiger partial charge in [-0.25, -0.2) is 0 Å². The maximum Gasteiger partial charge on any atom is 0.0638 e. The fraction of sp³-hybridized carbons (Fsp3) is 0.750. The zero-order valence-electron chi connectivity index (χ0n) is 6.38. The molecule has 3 heteroatoms. The van der Waals surface area contributed by atoms with Gasteiger partial charge >= 0.3 is 0 Å². The van der Waals surface area contributed by atoms with Crippen molar-refractivity contribution in [1.29, 1.82) is 10.5 Å². The maximum atomic E-state index is 8.39. The first kappa shape index (κ1) is 8.04. The molecule has 1 rings (SSSR count). The molecule has 0 bridgehead atoms.